The number of likely N-dealkylation sites (N-methyl/N-ethyl adjacent to an activating group) is 1. The molecule has 178 valence electrons. The molecule has 4 aromatic rings. The highest BCUT2D eigenvalue weighted by Crippen LogP contribution is 2.27. The molecule has 1 fully saturated rings. The van der Waals surface area contributed by atoms with Crippen LogP contribution in [0.2, 0.25) is 0 Å². The van der Waals surface area contributed by atoms with Gasteiger partial charge in [-0.25, -0.2) is 15.0 Å². The van der Waals surface area contributed by atoms with Crippen LogP contribution < -0.4 is 10.6 Å². The topological polar surface area (TPSA) is 99.2 Å². The molecule has 1 aliphatic heterocycles. The third-order valence-corrected chi connectivity index (χ3v) is 6.62. The molecule has 2 N–H and O–H groups in total. The van der Waals surface area contributed by atoms with Gasteiger partial charge in [-0.05, 0) is 49.9 Å². The van der Waals surface area contributed by atoms with E-state index in [1.165, 1.54) is 11.3 Å². The third-order valence-electron chi connectivity index (χ3n) is 5.86. The first kappa shape index (κ1) is 22.9. The molecule has 3 aromatic heterocycles. The largest absolute Gasteiger partial charge is 0.335 e. The van der Waals surface area contributed by atoms with Crippen LogP contribution in [0.4, 0.5) is 22.5 Å². The van der Waals surface area contributed by atoms with Crippen LogP contribution in [0.15, 0.2) is 60.4 Å². The maximum Gasteiger partial charge on any atom is 0.273 e. The molecule has 1 amide bonds. The van der Waals surface area contributed by atoms with Crippen molar-refractivity contribution in [3.63, 3.8) is 0 Å². The number of aryl methyl sites for hydroxylation is 1. The molecule has 0 unspecified atom stereocenters. The zero-order valence-electron chi connectivity index (χ0n) is 19.6. The van der Waals surface area contributed by atoms with Gasteiger partial charge >= 0.3 is 0 Å². The number of hydrogen-bond acceptors (Lipinski definition) is 9. The first-order valence-electron chi connectivity index (χ1n) is 11.4. The van der Waals surface area contributed by atoms with Gasteiger partial charge in [0, 0.05) is 67.1 Å². The Morgan fingerprint density at radius 2 is 1.89 bits per heavy atom. The minimum Gasteiger partial charge on any atom is -0.335 e. The molecule has 1 aromatic carbocycles. The number of nitrogens with zero attached hydrogens (tertiary/aromatic N) is 6. The fourth-order valence-electron chi connectivity index (χ4n) is 3.77. The lowest BCUT2D eigenvalue weighted by Gasteiger charge is -2.31. The summed E-state index contributed by atoms with van der Waals surface area (Å²) in [5.41, 5.74) is 4.99. The van der Waals surface area contributed by atoms with Crippen LogP contribution in [-0.2, 0) is 0 Å². The standard InChI is InChI=1S/C25H26N8OS/c1-17-5-6-19(28-25-31-22(16-35-25)23(34)33-12-10-32(2)11-13-33)14-21(17)30-24-27-9-7-20(29-24)18-4-3-8-26-15-18/h3-9,14-16H,10-13H2,1-2H3,(H,28,31)(H,27,29,30). The number of piperazine rings is 1. The number of pyridine rings is 1. The van der Waals surface area contributed by atoms with Crippen molar-refractivity contribution in [3.05, 3.63) is 71.6 Å². The first-order valence-corrected chi connectivity index (χ1v) is 12.2. The summed E-state index contributed by atoms with van der Waals surface area (Å²) >= 11 is 1.42. The number of carbonyl (C=O) groups is 1. The smallest absolute Gasteiger partial charge is 0.273 e. The number of hydrogen-bond donors (Lipinski definition) is 2. The molecule has 35 heavy (non-hydrogen) atoms. The molecular weight excluding hydrogens is 460 g/mol. The number of benzene rings is 1. The summed E-state index contributed by atoms with van der Waals surface area (Å²) in [5.74, 6) is 0.486. The van der Waals surface area contributed by atoms with Gasteiger partial charge in [0.1, 0.15) is 5.69 Å². The van der Waals surface area contributed by atoms with Crippen LogP contribution in [0.1, 0.15) is 16.1 Å². The van der Waals surface area contributed by atoms with Gasteiger partial charge in [0.05, 0.1) is 5.69 Å². The van der Waals surface area contributed by atoms with E-state index in [0.717, 1.165) is 54.4 Å². The fraction of sp³-hybridized carbons (Fsp3) is 0.240. The van der Waals surface area contributed by atoms with E-state index in [2.05, 4.69) is 42.5 Å². The second-order valence-electron chi connectivity index (χ2n) is 8.42. The van der Waals surface area contributed by atoms with Crippen molar-refractivity contribution in [2.75, 3.05) is 43.9 Å². The normalized spacial score (nSPS) is 14.1. The molecule has 10 heteroatoms. The highest BCUT2D eigenvalue weighted by molar-refractivity contribution is 7.14. The Hall–Kier alpha value is -3.89. The highest BCUT2D eigenvalue weighted by atomic mass is 32.1. The lowest BCUT2D eigenvalue weighted by Crippen LogP contribution is -2.47. The molecule has 0 spiro atoms. The molecule has 9 nitrogen and oxygen atoms in total. The molecule has 0 aliphatic carbocycles. The van der Waals surface area contributed by atoms with E-state index < -0.39 is 0 Å². The van der Waals surface area contributed by atoms with Crippen molar-refractivity contribution in [3.8, 4) is 11.3 Å². The molecule has 0 radical (unpaired) electrons. The minimum absolute atomic E-state index is 0.0145. The average molecular weight is 487 g/mol. The molecular formula is C25H26N8OS. The van der Waals surface area contributed by atoms with Gasteiger partial charge in [-0.2, -0.15) is 0 Å². The molecule has 0 bridgehead atoms. The average Bonchev–Trinajstić information content (AvgIpc) is 3.35. The van der Waals surface area contributed by atoms with Crippen LogP contribution in [0, 0.1) is 6.92 Å². The van der Waals surface area contributed by atoms with E-state index in [9.17, 15) is 4.79 Å². The van der Waals surface area contributed by atoms with Gasteiger partial charge in [-0.3, -0.25) is 9.78 Å². The van der Waals surface area contributed by atoms with Crippen molar-refractivity contribution in [1.29, 1.82) is 0 Å². The SMILES string of the molecule is Cc1ccc(Nc2nc(C(=O)N3CCN(C)CC3)cs2)cc1Nc1nccc(-c2cccnc2)n1. The highest BCUT2D eigenvalue weighted by Gasteiger charge is 2.22. The predicted octanol–water partition coefficient (Wildman–Crippen LogP) is 4.18. The number of rotatable bonds is 6. The Kier molecular flexibility index (Phi) is 6.64. The van der Waals surface area contributed by atoms with Crippen LogP contribution >= 0.6 is 11.3 Å². The first-order chi connectivity index (χ1) is 17.0. The Morgan fingerprint density at radius 3 is 2.69 bits per heavy atom. The summed E-state index contributed by atoms with van der Waals surface area (Å²) in [6.07, 6.45) is 5.24. The number of thiazole rings is 1. The van der Waals surface area contributed by atoms with Gasteiger partial charge < -0.3 is 20.4 Å². The van der Waals surface area contributed by atoms with Crippen LogP contribution in [0.3, 0.4) is 0 Å². The van der Waals surface area contributed by atoms with Gasteiger partial charge in [0.2, 0.25) is 5.95 Å². The molecule has 5 rings (SSSR count). The van der Waals surface area contributed by atoms with Gasteiger partial charge in [0.15, 0.2) is 5.13 Å². The molecule has 1 aliphatic rings. The van der Waals surface area contributed by atoms with Crippen molar-refractivity contribution in [2.45, 2.75) is 6.92 Å². The number of carbonyl (C=O) groups excluding carboxylic acids is 1. The minimum atomic E-state index is -0.0145. The lowest BCUT2D eigenvalue weighted by atomic mass is 10.2. The Bertz CT molecular complexity index is 1320. The maximum absolute atomic E-state index is 12.8. The van der Waals surface area contributed by atoms with E-state index in [0.29, 0.717) is 16.8 Å². The number of anilines is 4. The monoisotopic (exact) mass is 486 g/mol. The zero-order chi connectivity index (χ0) is 24.2. The summed E-state index contributed by atoms with van der Waals surface area (Å²) in [6.45, 7) is 5.25. The second-order valence-corrected chi connectivity index (χ2v) is 9.28. The van der Waals surface area contributed by atoms with Crippen LogP contribution in [-0.4, -0.2) is 68.9 Å². The summed E-state index contributed by atoms with van der Waals surface area (Å²) in [5, 5.41) is 9.12. The lowest BCUT2D eigenvalue weighted by molar-refractivity contribution is 0.0659. The van der Waals surface area contributed by atoms with Crippen molar-refractivity contribution in [1.82, 2.24) is 29.7 Å². The molecule has 4 heterocycles. The number of aromatic nitrogens is 4. The zero-order valence-corrected chi connectivity index (χ0v) is 20.4. The Balaban J connectivity index is 1.29. The summed E-state index contributed by atoms with van der Waals surface area (Å²) in [7, 11) is 2.07. The van der Waals surface area contributed by atoms with Crippen molar-refractivity contribution >= 4 is 39.7 Å². The number of nitrogens with one attached hydrogen (secondary N) is 2. The van der Waals surface area contributed by atoms with Crippen LogP contribution in [0.25, 0.3) is 11.3 Å². The number of amides is 1. The molecule has 0 atom stereocenters. The summed E-state index contributed by atoms with van der Waals surface area (Å²) < 4.78 is 0. The summed E-state index contributed by atoms with van der Waals surface area (Å²) in [4.78, 5) is 34.6. The Labute approximate surface area is 207 Å². The predicted molar refractivity (Wildman–Crippen MR) is 139 cm³/mol. The fourth-order valence-corrected chi connectivity index (χ4v) is 4.48. The van der Waals surface area contributed by atoms with Gasteiger partial charge in [0.25, 0.3) is 5.91 Å². The molecule has 0 saturated carbocycles. The molecule has 1 saturated heterocycles. The van der Waals surface area contributed by atoms with E-state index in [1.54, 1.807) is 18.6 Å². The van der Waals surface area contributed by atoms with Crippen molar-refractivity contribution in [2.24, 2.45) is 0 Å². The van der Waals surface area contributed by atoms with E-state index in [4.69, 9.17) is 0 Å². The Morgan fingerprint density at radius 1 is 1.03 bits per heavy atom. The van der Waals surface area contributed by atoms with E-state index >= 15 is 0 Å². The van der Waals surface area contributed by atoms with Crippen LogP contribution in [0.5, 0.6) is 0 Å². The van der Waals surface area contributed by atoms with Gasteiger partial charge in [-0.1, -0.05) is 6.07 Å². The van der Waals surface area contributed by atoms with E-state index in [1.807, 2.05) is 53.6 Å². The van der Waals surface area contributed by atoms with Crippen molar-refractivity contribution < 1.29 is 4.79 Å². The quantitative estimate of drug-likeness (QED) is 0.419. The summed E-state index contributed by atoms with van der Waals surface area (Å²) in [6, 6.07) is 11.7. The van der Waals surface area contributed by atoms with Gasteiger partial charge in [-0.15, -0.1) is 11.3 Å². The third kappa shape index (κ3) is 5.44. The van der Waals surface area contributed by atoms with E-state index in [-0.39, 0.29) is 5.91 Å². The maximum atomic E-state index is 12.8. The second kappa shape index (κ2) is 10.2.